The number of carbonyl (C=O) groups is 2. The van der Waals surface area contributed by atoms with E-state index in [-0.39, 0.29) is 30.9 Å². The van der Waals surface area contributed by atoms with Crippen LogP contribution < -0.4 is 10.9 Å². The van der Waals surface area contributed by atoms with Crippen LogP contribution in [-0.2, 0) is 21.4 Å². The van der Waals surface area contributed by atoms with E-state index >= 15 is 0 Å². The van der Waals surface area contributed by atoms with Gasteiger partial charge in [0.05, 0.1) is 30.0 Å². The van der Waals surface area contributed by atoms with Crippen LogP contribution in [0.1, 0.15) is 38.6 Å². The molecule has 0 aliphatic rings. The van der Waals surface area contributed by atoms with Crippen LogP contribution in [0.15, 0.2) is 23.0 Å². The van der Waals surface area contributed by atoms with Crippen molar-refractivity contribution in [3.8, 4) is 0 Å². The van der Waals surface area contributed by atoms with Gasteiger partial charge < -0.3 is 10.1 Å². The van der Waals surface area contributed by atoms with Crippen molar-refractivity contribution in [1.29, 1.82) is 0 Å². The molecule has 0 fully saturated rings. The average Bonchev–Trinajstić information content (AvgIpc) is 2.56. The first-order chi connectivity index (χ1) is 11.8. The lowest BCUT2D eigenvalue weighted by Crippen LogP contribution is -2.32. The summed E-state index contributed by atoms with van der Waals surface area (Å²) in [7, 11) is 1.60. The predicted octanol–water partition coefficient (Wildman–Crippen LogP) is 2.11. The molecule has 1 aromatic carbocycles. The number of fused-ring (bicyclic) bond motifs is 1. The van der Waals surface area contributed by atoms with E-state index in [0.717, 1.165) is 0 Å². The summed E-state index contributed by atoms with van der Waals surface area (Å²) in [6, 6.07) is 4.36. The number of ether oxygens (including phenoxy) is 1. The molecule has 2 rings (SSSR count). The van der Waals surface area contributed by atoms with E-state index in [2.05, 4.69) is 10.3 Å². The molecule has 134 valence electrons. The highest BCUT2D eigenvalue weighted by molar-refractivity contribution is 6.31. The van der Waals surface area contributed by atoms with Crippen molar-refractivity contribution in [1.82, 2.24) is 14.9 Å². The highest BCUT2D eigenvalue weighted by Crippen LogP contribution is 2.17. The Morgan fingerprint density at radius 1 is 1.36 bits per heavy atom. The van der Waals surface area contributed by atoms with Gasteiger partial charge >= 0.3 is 5.97 Å². The normalized spacial score (nSPS) is 12.0. The SMILES string of the molecule is CCOC(=O)CCC(=O)NC(C)c1nc2cc(Cl)ccc2c(=O)n1C. The molecule has 7 nitrogen and oxygen atoms in total. The van der Waals surface area contributed by atoms with Gasteiger partial charge in [-0.1, -0.05) is 11.6 Å². The number of esters is 1. The largest absolute Gasteiger partial charge is 0.466 e. The number of nitrogens with one attached hydrogen (secondary N) is 1. The van der Waals surface area contributed by atoms with Crippen LogP contribution in [0.2, 0.25) is 5.02 Å². The van der Waals surface area contributed by atoms with Crippen LogP contribution in [0, 0.1) is 0 Å². The Bertz CT molecular complexity index is 863. The van der Waals surface area contributed by atoms with E-state index in [1.54, 1.807) is 39.1 Å². The molecule has 25 heavy (non-hydrogen) atoms. The Morgan fingerprint density at radius 2 is 2.08 bits per heavy atom. The summed E-state index contributed by atoms with van der Waals surface area (Å²) in [6.45, 7) is 3.71. The van der Waals surface area contributed by atoms with Crippen LogP contribution in [0.5, 0.6) is 0 Å². The molecule has 1 N–H and O–H groups in total. The lowest BCUT2D eigenvalue weighted by molar-refractivity contribution is -0.144. The molecule has 0 saturated carbocycles. The van der Waals surface area contributed by atoms with E-state index in [1.165, 1.54) is 4.57 Å². The van der Waals surface area contributed by atoms with E-state index in [0.29, 0.717) is 21.7 Å². The second-order valence-electron chi connectivity index (χ2n) is 5.59. The van der Waals surface area contributed by atoms with Crippen molar-refractivity contribution in [3.05, 3.63) is 39.4 Å². The summed E-state index contributed by atoms with van der Waals surface area (Å²) >= 11 is 5.96. The summed E-state index contributed by atoms with van der Waals surface area (Å²) in [5.74, 6) is -0.332. The fourth-order valence-corrected chi connectivity index (χ4v) is 2.64. The quantitative estimate of drug-likeness (QED) is 0.792. The molecule has 0 radical (unpaired) electrons. The number of amides is 1. The van der Waals surface area contributed by atoms with Crippen LogP contribution in [-0.4, -0.2) is 28.0 Å². The summed E-state index contributed by atoms with van der Waals surface area (Å²) in [5, 5.41) is 3.67. The Morgan fingerprint density at radius 3 is 2.76 bits per heavy atom. The topological polar surface area (TPSA) is 90.3 Å². The van der Waals surface area contributed by atoms with Gasteiger partial charge in [0, 0.05) is 18.5 Å². The standard InChI is InChI=1S/C17H20ClN3O4/c1-4-25-15(23)8-7-14(22)19-10(2)16-20-13-9-11(18)5-6-12(13)17(24)21(16)3/h5-6,9-10H,4,7-8H2,1-3H3,(H,19,22). The summed E-state index contributed by atoms with van der Waals surface area (Å²) in [5.41, 5.74) is 0.252. The summed E-state index contributed by atoms with van der Waals surface area (Å²) in [6.07, 6.45) is 0.0165. The maximum Gasteiger partial charge on any atom is 0.306 e. The molecule has 0 bridgehead atoms. The third-order valence-electron chi connectivity index (χ3n) is 3.70. The molecule has 0 aliphatic carbocycles. The van der Waals surface area contributed by atoms with Crippen molar-refractivity contribution in [3.63, 3.8) is 0 Å². The van der Waals surface area contributed by atoms with E-state index in [9.17, 15) is 14.4 Å². The minimum Gasteiger partial charge on any atom is -0.466 e. The Labute approximate surface area is 149 Å². The Balaban J connectivity index is 2.17. The molecule has 0 saturated heterocycles. The number of nitrogens with zero attached hydrogens (tertiary/aromatic N) is 2. The molecular weight excluding hydrogens is 346 g/mol. The van der Waals surface area contributed by atoms with Crippen molar-refractivity contribution >= 4 is 34.4 Å². The molecule has 0 aliphatic heterocycles. The number of rotatable bonds is 6. The molecule has 8 heteroatoms. The number of halogens is 1. The van der Waals surface area contributed by atoms with Crippen molar-refractivity contribution in [2.24, 2.45) is 7.05 Å². The minimum atomic E-state index is -0.504. The number of carbonyl (C=O) groups excluding carboxylic acids is 2. The molecule has 1 unspecified atom stereocenters. The Hall–Kier alpha value is -2.41. The zero-order valence-corrected chi connectivity index (χ0v) is 15.1. The predicted molar refractivity (Wildman–Crippen MR) is 94.4 cm³/mol. The number of hydrogen-bond donors (Lipinski definition) is 1. The van der Waals surface area contributed by atoms with Crippen molar-refractivity contribution in [2.45, 2.75) is 32.7 Å². The zero-order chi connectivity index (χ0) is 18.6. The van der Waals surface area contributed by atoms with Gasteiger partial charge in [-0.2, -0.15) is 0 Å². The van der Waals surface area contributed by atoms with Crippen molar-refractivity contribution < 1.29 is 14.3 Å². The second-order valence-corrected chi connectivity index (χ2v) is 6.03. The number of aromatic nitrogens is 2. The van der Waals surface area contributed by atoms with Crippen LogP contribution in [0.25, 0.3) is 10.9 Å². The highest BCUT2D eigenvalue weighted by Gasteiger charge is 2.17. The van der Waals surface area contributed by atoms with E-state index in [1.807, 2.05) is 0 Å². The highest BCUT2D eigenvalue weighted by atomic mass is 35.5. The lowest BCUT2D eigenvalue weighted by Gasteiger charge is -2.17. The molecule has 1 heterocycles. The van der Waals surface area contributed by atoms with Gasteiger partial charge in [-0.3, -0.25) is 19.0 Å². The van der Waals surface area contributed by atoms with Crippen LogP contribution in [0.3, 0.4) is 0 Å². The van der Waals surface area contributed by atoms with Gasteiger partial charge in [0.25, 0.3) is 5.56 Å². The van der Waals surface area contributed by atoms with Gasteiger partial charge in [0.2, 0.25) is 5.91 Å². The first kappa shape index (κ1) is 18.9. The molecule has 1 aromatic heterocycles. The first-order valence-corrected chi connectivity index (χ1v) is 8.32. The fraction of sp³-hybridized carbons (Fsp3) is 0.412. The molecule has 0 spiro atoms. The number of hydrogen-bond acceptors (Lipinski definition) is 5. The van der Waals surface area contributed by atoms with Crippen molar-refractivity contribution in [2.75, 3.05) is 6.61 Å². The third kappa shape index (κ3) is 4.57. The lowest BCUT2D eigenvalue weighted by atomic mass is 10.2. The number of benzene rings is 1. The Kier molecular flexibility index (Phi) is 6.14. The smallest absolute Gasteiger partial charge is 0.306 e. The second kappa shape index (κ2) is 8.11. The minimum absolute atomic E-state index is 0.00603. The first-order valence-electron chi connectivity index (χ1n) is 7.94. The van der Waals surface area contributed by atoms with Gasteiger partial charge in [0.15, 0.2) is 0 Å². The van der Waals surface area contributed by atoms with Gasteiger partial charge in [-0.25, -0.2) is 4.98 Å². The maximum atomic E-state index is 12.4. The monoisotopic (exact) mass is 365 g/mol. The summed E-state index contributed by atoms with van der Waals surface area (Å²) < 4.78 is 6.18. The van der Waals surface area contributed by atoms with Crippen LogP contribution >= 0.6 is 11.6 Å². The van der Waals surface area contributed by atoms with E-state index < -0.39 is 12.0 Å². The maximum absolute atomic E-state index is 12.4. The molecule has 1 amide bonds. The van der Waals surface area contributed by atoms with Crippen LogP contribution in [0.4, 0.5) is 0 Å². The average molecular weight is 366 g/mol. The third-order valence-corrected chi connectivity index (χ3v) is 3.93. The fourth-order valence-electron chi connectivity index (χ4n) is 2.48. The summed E-state index contributed by atoms with van der Waals surface area (Å²) in [4.78, 5) is 40.2. The molecule has 1 atom stereocenters. The van der Waals surface area contributed by atoms with Gasteiger partial charge in [-0.15, -0.1) is 0 Å². The molecular formula is C17H20ClN3O4. The van der Waals surface area contributed by atoms with Gasteiger partial charge in [-0.05, 0) is 32.0 Å². The van der Waals surface area contributed by atoms with E-state index in [4.69, 9.17) is 16.3 Å². The van der Waals surface area contributed by atoms with Gasteiger partial charge in [0.1, 0.15) is 5.82 Å². The zero-order valence-electron chi connectivity index (χ0n) is 14.3. The molecule has 2 aromatic rings.